The number of carboxylic acids is 1. The van der Waals surface area contributed by atoms with Crippen LogP contribution in [0.4, 0.5) is 0 Å². The van der Waals surface area contributed by atoms with E-state index in [1.54, 1.807) is 18.2 Å². The zero-order chi connectivity index (χ0) is 10.1. The molecule has 0 atom stereocenters. The predicted octanol–water partition coefficient (Wildman–Crippen LogP) is 0.896. The minimum absolute atomic E-state index is 0.0550. The molecule has 14 heavy (non-hydrogen) atoms. The van der Waals surface area contributed by atoms with Gasteiger partial charge in [0.15, 0.2) is 0 Å². The first-order valence-corrected chi connectivity index (χ1v) is 4.04. The van der Waals surface area contributed by atoms with Crippen molar-refractivity contribution in [3.63, 3.8) is 0 Å². The van der Waals surface area contributed by atoms with Crippen molar-refractivity contribution in [2.24, 2.45) is 0 Å². The van der Waals surface area contributed by atoms with Crippen molar-refractivity contribution in [2.45, 2.75) is 6.42 Å². The summed E-state index contributed by atoms with van der Waals surface area (Å²) in [6.07, 6.45) is -0.0550. The van der Waals surface area contributed by atoms with Gasteiger partial charge in [0.25, 0.3) is 0 Å². The van der Waals surface area contributed by atoms with Crippen molar-refractivity contribution in [1.82, 2.24) is 10.2 Å². The van der Waals surface area contributed by atoms with E-state index in [1.807, 2.05) is 0 Å². The lowest BCUT2D eigenvalue weighted by Gasteiger charge is -1.96. The molecule has 0 unspecified atom stereocenters. The van der Waals surface area contributed by atoms with E-state index in [1.165, 1.54) is 0 Å². The lowest BCUT2D eigenvalue weighted by atomic mass is 10.1. The summed E-state index contributed by atoms with van der Waals surface area (Å²) >= 11 is 0. The molecular formula is C9H8N2O3. The molecular weight excluding hydrogens is 184 g/mol. The fourth-order valence-corrected chi connectivity index (χ4v) is 1.33. The van der Waals surface area contributed by atoms with Crippen LogP contribution in [-0.4, -0.2) is 26.4 Å². The van der Waals surface area contributed by atoms with Crippen LogP contribution in [0.3, 0.4) is 0 Å². The average Bonchev–Trinajstić information content (AvgIpc) is 2.47. The maximum absolute atomic E-state index is 10.4. The monoisotopic (exact) mass is 192 g/mol. The lowest BCUT2D eigenvalue weighted by molar-refractivity contribution is -0.136. The fourth-order valence-electron chi connectivity index (χ4n) is 1.33. The number of nitrogens with zero attached hydrogens (tertiary/aromatic N) is 1. The Morgan fingerprint density at radius 2 is 2.29 bits per heavy atom. The van der Waals surface area contributed by atoms with Gasteiger partial charge < -0.3 is 10.2 Å². The first-order valence-electron chi connectivity index (χ1n) is 4.04. The molecule has 2 rings (SSSR count). The van der Waals surface area contributed by atoms with Crippen LogP contribution in [0, 0.1) is 0 Å². The van der Waals surface area contributed by atoms with Crippen LogP contribution in [0.5, 0.6) is 5.88 Å². The number of H-pyrrole nitrogens is 1. The summed E-state index contributed by atoms with van der Waals surface area (Å²) in [6, 6.07) is 5.00. The average molecular weight is 192 g/mol. The topological polar surface area (TPSA) is 86.2 Å². The second kappa shape index (κ2) is 3.02. The van der Waals surface area contributed by atoms with E-state index in [2.05, 4.69) is 10.2 Å². The minimum atomic E-state index is -0.896. The zero-order valence-corrected chi connectivity index (χ0v) is 7.19. The van der Waals surface area contributed by atoms with Gasteiger partial charge in [0.2, 0.25) is 5.88 Å². The first kappa shape index (κ1) is 8.55. The Labute approximate surface area is 79.0 Å². The van der Waals surface area contributed by atoms with Gasteiger partial charge in [-0.05, 0) is 17.7 Å². The normalized spacial score (nSPS) is 10.6. The molecule has 0 fully saturated rings. The minimum Gasteiger partial charge on any atom is -0.492 e. The molecule has 0 spiro atoms. The molecule has 5 heteroatoms. The number of aliphatic carboxylic acids is 1. The molecule has 0 amide bonds. The van der Waals surface area contributed by atoms with Gasteiger partial charge in [0, 0.05) is 0 Å². The van der Waals surface area contributed by atoms with Crippen molar-refractivity contribution < 1.29 is 15.0 Å². The largest absolute Gasteiger partial charge is 0.492 e. The molecule has 1 aromatic heterocycles. The molecule has 5 nitrogen and oxygen atoms in total. The van der Waals surface area contributed by atoms with Crippen LogP contribution < -0.4 is 0 Å². The molecule has 72 valence electrons. The molecule has 0 bridgehead atoms. The smallest absolute Gasteiger partial charge is 0.307 e. The molecule has 0 saturated carbocycles. The third kappa shape index (κ3) is 1.39. The summed E-state index contributed by atoms with van der Waals surface area (Å²) in [5.41, 5.74) is 1.33. The number of fused-ring (bicyclic) bond motifs is 1. The van der Waals surface area contributed by atoms with E-state index in [-0.39, 0.29) is 12.3 Å². The molecule has 1 heterocycles. The molecule has 0 saturated heterocycles. The molecule has 0 aliphatic rings. The van der Waals surface area contributed by atoms with Gasteiger partial charge in [-0.25, -0.2) is 0 Å². The summed E-state index contributed by atoms with van der Waals surface area (Å²) in [4.78, 5) is 10.4. The summed E-state index contributed by atoms with van der Waals surface area (Å²) in [7, 11) is 0. The Kier molecular flexibility index (Phi) is 1.85. The summed E-state index contributed by atoms with van der Waals surface area (Å²) < 4.78 is 0. The number of rotatable bonds is 2. The van der Waals surface area contributed by atoms with Crippen LogP contribution in [0.25, 0.3) is 10.9 Å². The van der Waals surface area contributed by atoms with Gasteiger partial charge in [-0.1, -0.05) is 6.07 Å². The Morgan fingerprint density at radius 1 is 1.50 bits per heavy atom. The number of carboxylic acid groups (broad SMARTS) is 1. The third-order valence-electron chi connectivity index (χ3n) is 1.96. The van der Waals surface area contributed by atoms with E-state index in [9.17, 15) is 9.90 Å². The number of benzene rings is 1. The number of aromatic hydroxyl groups is 1. The van der Waals surface area contributed by atoms with Crippen LogP contribution >= 0.6 is 0 Å². The SMILES string of the molecule is O=C(O)Cc1ccc2[nH]nc(O)c2c1. The number of hydrogen-bond donors (Lipinski definition) is 3. The number of nitrogens with one attached hydrogen (secondary N) is 1. The predicted molar refractivity (Wildman–Crippen MR) is 49.1 cm³/mol. The third-order valence-corrected chi connectivity index (χ3v) is 1.96. The highest BCUT2D eigenvalue weighted by atomic mass is 16.4. The van der Waals surface area contributed by atoms with Crippen molar-refractivity contribution in [3.05, 3.63) is 23.8 Å². The van der Waals surface area contributed by atoms with Crippen molar-refractivity contribution in [2.75, 3.05) is 0 Å². The Balaban J connectivity index is 2.49. The van der Waals surface area contributed by atoms with Gasteiger partial charge >= 0.3 is 5.97 Å². The standard InChI is InChI=1S/C9H8N2O3/c12-8(13)4-5-1-2-7-6(3-5)9(14)11-10-7/h1-3H,4H2,(H,12,13)(H2,10,11,14). The number of aromatic nitrogens is 2. The van der Waals surface area contributed by atoms with E-state index < -0.39 is 5.97 Å². The van der Waals surface area contributed by atoms with E-state index in [4.69, 9.17) is 5.11 Å². The van der Waals surface area contributed by atoms with Crippen LogP contribution in [0.2, 0.25) is 0 Å². The van der Waals surface area contributed by atoms with E-state index >= 15 is 0 Å². The number of aromatic amines is 1. The van der Waals surface area contributed by atoms with Crippen molar-refractivity contribution in [3.8, 4) is 5.88 Å². The van der Waals surface area contributed by atoms with Gasteiger partial charge in [0.05, 0.1) is 17.3 Å². The molecule has 0 radical (unpaired) electrons. The summed E-state index contributed by atoms with van der Waals surface area (Å²) in [5.74, 6) is -1.00. The van der Waals surface area contributed by atoms with Gasteiger partial charge in [-0.3, -0.25) is 9.89 Å². The maximum Gasteiger partial charge on any atom is 0.307 e. The molecule has 0 aliphatic heterocycles. The summed E-state index contributed by atoms with van der Waals surface area (Å²) in [5, 5.41) is 24.6. The van der Waals surface area contributed by atoms with Crippen LogP contribution in [-0.2, 0) is 11.2 Å². The van der Waals surface area contributed by atoms with Gasteiger partial charge in [-0.15, -0.1) is 5.10 Å². The molecule has 3 N–H and O–H groups in total. The van der Waals surface area contributed by atoms with E-state index in [0.29, 0.717) is 16.5 Å². The maximum atomic E-state index is 10.4. The lowest BCUT2D eigenvalue weighted by Crippen LogP contribution is -1.99. The summed E-state index contributed by atoms with van der Waals surface area (Å²) in [6.45, 7) is 0. The molecule has 1 aromatic carbocycles. The quantitative estimate of drug-likeness (QED) is 0.659. The fraction of sp³-hybridized carbons (Fsp3) is 0.111. The van der Waals surface area contributed by atoms with Crippen LogP contribution in [0.1, 0.15) is 5.56 Å². The molecule has 0 aliphatic carbocycles. The van der Waals surface area contributed by atoms with Crippen LogP contribution in [0.15, 0.2) is 18.2 Å². The Morgan fingerprint density at radius 3 is 3.00 bits per heavy atom. The van der Waals surface area contributed by atoms with Crippen molar-refractivity contribution in [1.29, 1.82) is 0 Å². The van der Waals surface area contributed by atoms with Gasteiger partial charge in [0.1, 0.15) is 0 Å². The van der Waals surface area contributed by atoms with Crippen molar-refractivity contribution >= 4 is 16.9 Å². The second-order valence-corrected chi connectivity index (χ2v) is 3.00. The number of hydrogen-bond acceptors (Lipinski definition) is 3. The first-order chi connectivity index (χ1) is 6.66. The van der Waals surface area contributed by atoms with E-state index in [0.717, 1.165) is 0 Å². The Bertz CT molecular complexity index is 490. The highest BCUT2D eigenvalue weighted by molar-refractivity contribution is 5.85. The Hall–Kier alpha value is -2.04. The zero-order valence-electron chi connectivity index (χ0n) is 7.19. The number of carbonyl (C=O) groups is 1. The highest BCUT2D eigenvalue weighted by Gasteiger charge is 2.06. The second-order valence-electron chi connectivity index (χ2n) is 3.00. The molecule has 2 aromatic rings. The highest BCUT2D eigenvalue weighted by Crippen LogP contribution is 2.22. The van der Waals surface area contributed by atoms with Gasteiger partial charge in [-0.2, -0.15) is 0 Å².